The summed E-state index contributed by atoms with van der Waals surface area (Å²) in [5.41, 5.74) is 2.35. The number of carbonyl (C=O) groups is 1. The number of amides is 1. The fraction of sp³-hybridized carbons (Fsp3) is 0.278. The molecule has 0 saturated carbocycles. The number of furan rings is 1. The SMILES string of the molecule is Cc1ccc(Cl)cc1N1CCN(C(=O)/C=C/c2ccco2)CC1. The second kappa shape index (κ2) is 6.92. The highest BCUT2D eigenvalue weighted by Gasteiger charge is 2.20. The maximum Gasteiger partial charge on any atom is 0.246 e. The second-order valence-corrected chi connectivity index (χ2v) is 6.03. The van der Waals surface area contributed by atoms with Gasteiger partial charge in [-0.15, -0.1) is 0 Å². The van der Waals surface area contributed by atoms with E-state index < -0.39 is 0 Å². The van der Waals surface area contributed by atoms with Crippen LogP contribution in [0.1, 0.15) is 11.3 Å². The third-order valence-electron chi connectivity index (χ3n) is 4.04. The summed E-state index contributed by atoms with van der Waals surface area (Å²) in [6, 6.07) is 9.55. The molecule has 5 heteroatoms. The Morgan fingerprint density at radius 1 is 1.22 bits per heavy atom. The van der Waals surface area contributed by atoms with Gasteiger partial charge in [0.1, 0.15) is 5.76 Å². The van der Waals surface area contributed by atoms with E-state index in [0.29, 0.717) is 18.8 Å². The molecule has 0 radical (unpaired) electrons. The Kier molecular flexibility index (Phi) is 4.72. The number of aryl methyl sites for hydroxylation is 1. The van der Waals surface area contributed by atoms with E-state index in [9.17, 15) is 4.79 Å². The van der Waals surface area contributed by atoms with Crippen molar-refractivity contribution in [3.63, 3.8) is 0 Å². The lowest BCUT2D eigenvalue weighted by molar-refractivity contribution is -0.126. The van der Waals surface area contributed by atoms with Crippen LogP contribution in [-0.2, 0) is 4.79 Å². The average molecular weight is 331 g/mol. The lowest BCUT2D eigenvalue weighted by Crippen LogP contribution is -2.48. The molecule has 1 aliphatic heterocycles. The van der Waals surface area contributed by atoms with Gasteiger partial charge in [-0.25, -0.2) is 0 Å². The topological polar surface area (TPSA) is 36.7 Å². The van der Waals surface area contributed by atoms with E-state index in [-0.39, 0.29) is 5.91 Å². The molecule has 0 spiro atoms. The number of nitrogens with zero attached hydrogens (tertiary/aromatic N) is 2. The van der Waals surface area contributed by atoms with Gasteiger partial charge >= 0.3 is 0 Å². The van der Waals surface area contributed by atoms with Crippen LogP contribution in [0.25, 0.3) is 6.08 Å². The molecule has 0 N–H and O–H groups in total. The highest BCUT2D eigenvalue weighted by Crippen LogP contribution is 2.25. The predicted octanol–water partition coefficient (Wildman–Crippen LogP) is 3.60. The van der Waals surface area contributed by atoms with Crippen molar-refractivity contribution in [1.82, 2.24) is 4.90 Å². The summed E-state index contributed by atoms with van der Waals surface area (Å²) < 4.78 is 5.19. The molecule has 1 aliphatic rings. The minimum absolute atomic E-state index is 0.0175. The maximum absolute atomic E-state index is 12.2. The second-order valence-electron chi connectivity index (χ2n) is 5.59. The molecule has 1 aromatic heterocycles. The van der Waals surface area contributed by atoms with E-state index in [0.717, 1.165) is 23.8 Å². The van der Waals surface area contributed by atoms with E-state index in [1.165, 1.54) is 5.56 Å². The molecule has 1 aromatic carbocycles. The van der Waals surface area contributed by atoms with Gasteiger partial charge in [0, 0.05) is 43.0 Å². The Morgan fingerprint density at radius 2 is 2.00 bits per heavy atom. The first-order valence-corrected chi connectivity index (χ1v) is 8.03. The van der Waals surface area contributed by atoms with Crippen LogP contribution in [0.4, 0.5) is 5.69 Å². The number of rotatable bonds is 3. The van der Waals surface area contributed by atoms with Gasteiger partial charge in [0.05, 0.1) is 6.26 Å². The van der Waals surface area contributed by atoms with Crippen molar-refractivity contribution in [3.05, 3.63) is 59.0 Å². The molecule has 4 nitrogen and oxygen atoms in total. The van der Waals surface area contributed by atoms with Gasteiger partial charge in [-0.3, -0.25) is 4.79 Å². The summed E-state index contributed by atoms with van der Waals surface area (Å²) >= 11 is 6.10. The Hall–Kier alpha value is -2.20. The zero-order chi connectivity index (χ0) is 16.2. The number of anilines is 1. The van der Waals surface area contributed by atoms with Crippen molar-refractivity contribution in [1.29, 1.82) is 0 Å². The molecule has 1 amide bonds. The quantitative estimate of drug-likeness (QED) is 0.807. The lowest BCUT2D eigenvalue weighted by Gasteiger charge is -2.36. The molecule has 23 heavy (non-hydrogen) atoms. The molecule has 0 bridgehead atoms. The molecule has 3 rings (SSSR count). The summed E-state index contributed by atoms with van der Waals surface area (Å²) in [6.07, 6.45) is 4.87. The van der Waals surface area contributed by atoms with Gasteiger partial charge in [-0.2, -0.15) is 0 Å². The standard InChI is InChI=1S/C18H19ClN2O2/c1-14-4-5-15(19)13-17(14)20-8-10-21(11-9-20)18(22)7-6-16-3-2-12-23-16/h2-7,12-13H,8-11H2,1H3/b7-6+. The van der Waals surface area contributed by atoms with Crippen LogP contribution in [0.3, 0.4) is 0 Å². The third-order valence-corrected chi connectivity index (χ3v) is 4.27. The fourth-order valence-corrected chi connectivity index (χ4v) is 2.90. The molecule has 2 aromatic rings. The Labute approximate surface area is 140 Å². The van der Waals surface area contributed by atoms with Crippen molar-refractivity contribution in [3.8, 4) is 0 Å². The Bertz CT molecular complexity index is 702. The first-order chi connectivity index (χ1) is 11.1. The van der Waals surface area contributed by atoms with Crippen LogP contribution in [0.5, 0.6) is 0 Å². The number of carbonyl (C=O) groups excluding carboxylic acids is 1. The minimum Gasteiger partial charge on any atom is -0.465 e. The highest BCUT2D eigenvalue weighted by molar-refractivity contribution is 6.30. The molecular formula is C18H19ClN2O2. The largest absolute Gasteiger partial charge is 0.465 e. The number of halogens is 1. The predicted molar refractivity (Wildman–Crippen MR) is 92.7 cm³/mol. The van der Waals surface area contributed by atoms with E-state index in [1.54, 1.807) is 24.5 Å². The Morgan fingerprint density at radius 3 is 2.70 bits per heavy atom. The van der Waals surface area contributed by atoms with Crippen LogP contribution in [0.15, 0.2) is 47.1 Å². The van der Waals surface area contributed by atoms with Crippen molar-refractivity contribution >= 4 is 29.3 Å². The average Bonchev–Trinajstić information content (AvgIpc) is 3.08. The van der Waals surface area contributed by atoms with Gasteiger partial charge in [0.25, 0.3) is 0 Å². The maximum atomic E-state index is 12.2. The van der Waals surface area contributed by atoms with Crippen molar-refractivity contribution in [2.24, 2.45) is 0 Å². The Balaban J connectivity index is 1.60. The van der Waals surface area contributed by atoms with Crippen LogP contribution in [0.2, 0.25) is 5.02 Å². The van der Waals surface area contributed by atoms with Crippen molar-refractivity contribution in [2.45, 2.75) is 6.92 Å². The molecule has 120 valence electrons. The zero-order valence-corrected chi connectivity index (χ0v) is 13.8. The summed E-state index contributed by atoms with van der Waals surface area (Å²) in [7, 11) is 0. The van der Waals surface area contributed by atoms with E-state index >= 15 is 0 Å². The third kappa shape index (κ3) is 3.77. The molecule has 0 atom stereocenters. The van der Waals surface area contributed by atoms with Crippen molar-refractivity contribution < 1.29 is 9.21 Å². The van der Waals surface area contributed by atoms with Gasteiger partial charge in [-0.05, 0) is 42.8 Å². The number of piperazine rings is 1. The summed E-state index contributed by atoms with van der Waals surface area (Å²) in [5.74, 6) is 0.704. The van der Waals surface area contributed by atoms with Gasteiger partial charge in [0.2, 0.25) is 5.91 Å². The monoisotopic (exact) mass is 330 g/mol. The molecule has 1 fully saturated rings. The molecule has 0 aliphatic carbocycles. The van der Waals surface area contributed by atoms with Crippen molar-refractivity contribution in [2.75, 3.05) is 31.1 Å². The number of hydrogen-bond acceptors (Lipinski definition) is 3. The fourth-order valence-electron chi connectivity index (χ4n) is 2.74. The van der Waals surface area contributed by atoms with E-state index in [2.05, 4.69) is 11.8 Å². The van der Waals surface area contributed by atoms with Gasteiger partial charge < -0.3 is 14.2 Å². The summed E-state index contributed by atoms with van der Waals surface area (Å²) in [4.78, 5) is 16.4. The molecule has 0 unspecified atom stereocenters. The summed E-state index contributed by atoms with van der Waals surface area (Å²) in [5, 5.41) is 0.741. The molecule has 2 heterocycles. The van der Waals surface area contributed by atoms with Gasteiger partial charge in [0.15, 0.2) is 0 Å². The number of benzene rings is 1. The van der Waals surface area contributed by atoms with Crippen LogP contribution in [0, 0.1) is 6.92 Å². The summed E-state index contributed by atoms with van der Waals surface area (Å²) in [6.45, 7) is 5.10. The van der Waals surface area contributed by atoms with E-state index in [1.807, 2.05) is 29.2 Å². The molecule has 1 saturated heterocycles. The normalized spacial score (nSPS) is 15.4. The zero-order valence-electron chi connectivity index (χ0n) is 13.0. The van der Waals surface area contributed by atoms with Gasteiger partial charge in [-0.1, -0.05) is 17.7 Å². The van der Waals surface area contributed by atoms with Crippen LogP contribution >= 0.6 is 11.6 Å². The smallest absolute Gasteiger partial charge is 0.246 e. The number of hydrogen-bond donors (Lipinski definition) is 0. The van der Waals surface area contributed by atoms with Crippen LogP contribution < -0.4 is 4.90 Å². The first kappa shape index (κ1) is 15.7. The highest BCUT2D eigenvalue weighted by atomic mass is 35.5. The lowest BCUT2D eigenvalue weighted by atomic mass is 10.1. The van der Waals surface area contributed by atoms with Crippen LogP contribution in [-0.4, -0.2) is 37.0 Å². The first-order valence-electron chi connectivity index (χ1n) is 7.65. The minimum atomic E-state index is 0.0175. The van der Waals surface area contributed by atoms with E-state index in [4.69, 9.17) is 16.0 Å². The molecular weight excluding hydrogens is 312 g/mol.